The van der Waals surface area contributed by atoms with E-state index in [1.807, 2.05) is 48.5 Å². The molecule has 3 aromatic rings. The first-order chi connectivity index (χ1) is 16.0. The van der Waals surface area contributed by atoms with E-state index in [0.29, 0.717) is 18.9 Å². The number of nitrogens with zero attached hydrogens (tertiary/aromatic N) is 5. The van der Waals surface area contributed by atoms with Crippen molar-refractivity contribution < 1.29 is 9.53 Å². The summed E-state index contributed by atoms with van der Waals surface area (Å²) in [5.41, 5.74) is 9.56. The van der Waals surface area contributed by atoms with Gasteiger partial charge in [0.15, 0.2) is 0 Å². The van der Waals surface area contributed by atoms with Crippen molar-refractivity contribution in [1.82, 2.24) is 19.9 Å². The van der Waals surface area contributed by atoms with Gasteiger partial charge >= 0.3 is 0 Å². The van der Waals surface area contributed by atoms with Crippen LogP contribution in [0.3, 0.4) is 0 Å². The topological polar surface area (TPSA) is 97.5 Å². The maximum atomic E-state index is 12.7. The standard InChI is InChI=1S/C25H30N6O2/c1-30(21-4-6-22(33-2)7-5-21)12-11-24(32)31-13-9-18(10-14-31)23-8-3-19(15-27-23)20-16-28-25(26)29-17-20/h3-8,15-18H,9-14H2,1-2H3,(H2,26,28,29). The van der Waals surface area contributed by atoms with Gasteiger partial charge in [-0.05, 0) is 43.2 Å². The molecule has 1 aliphatic heterocycles. The number of hydrogen-bond acceptors (Lipinski definition) is 7. The lowest BCUT2D eigenvalue weighted by Crippen LogP contribution is -2.39. The zero-order chi connectivity index (χ0) is 23.2. The zero-order valence-electron chi connectivity index (χ0n) is 19.1. The number of methoxy groups -OCH3 is 1. The minimum absolute atomic E-state index is 0.209. The second kappa shape index (κ2) is 10.3. The van der Waals surface area contributed by atoms with Gasteiger partial charge in [-0.15, -0.1) is 0 Å². The Labute approximate surface area is 194 Å². The predicted molar refractivity (Wildman–Crippen MR) is 129 cm³/mol. The second-order valence-electron chi connectivity index (χ2n) is 8.33. The van der Waals surface area contributed by atoms with E-state index < -0.39 is 0 Å². The number of carbonyl (C=O) groups is 1. The van der Waals surface area contributed by atoms with Gasteiger partial charge in [-0.3, -0.25) is 9.78 Å². The first-order valence-electron chi connectivity index (χ1n) is 11.2. The van der Waals surface area contributed by atoms with Crippen LogP contribution < -0.4 is 15.4 Å². The van der Waals surface area contributed by atoms with Crippen LogP contribution in [0.4, 0.5) is 11.6 Å². The minimum Gasteiger partial charge on any atom is -0.497 e. The molecule has 1 aliphatic rings. The van der Waals surface area contributed by atoms with Gasteiger partial charge in [-0.25, -0.2) is 9.97 Å². The average Bonchev–Trinajstić information content (AvgIpc) is 2.88. The minimum atomic E-state index is 0.209. The van der Waals surface area contributed by atoms with Gasteiger partial charge in [0.2, 0.25) is 11.9 Å². The zero-order valence-corrected chi connectivity index (χ0v) is 19.1. The monoisotopic (exact) mass is 446 g/mol. The molecular formula is C25H30N6O2. The normalized spacial score (nSPS) is 14.2. The van der Waals surface area contributed by atoms with Crippen LogP contribution in [0.5, 0.6) is 5.75 Å². The molecule has 1 fully saturated rings. The smallest absolute Gasteiger partial charge is 0.224 e. The SMILES string of the molecule is COc1ccc(N(C)CCC(=O)N2CCC(c3ccc(-c4cnc(N)nc4)cn3)CC2)cc1. The number of likely N-dealkylation sites (tertiary alicyclic amines) is 1. The number of nitrogens with two attached hydrogens (primary N) is 1. The number of piperidine rings is 1. The molecule has 0 radical (unpaired) electrons. The van der Waals surface area contributed by atoms with Crippen LogP contribution in [0.15, 0.2) is 55.0 Å². The fourth-order valence-corrected chi connectivity index (χ4v) is 4.12. The summed E-state index contributed by atoms with van der Waals surface area (Å²) in [7, 11) is 3.66. The summed E-state index contributed by atoms with van der Waals surface area (Å²) >= 11 is 0. The number of rotatable bonds is 7. The van der Waals surface area contributed by atoms with Crippen LogP contribution in [-0.4, -0.2) is 59.6 Å². The molecule has 8 nitrogen and oxygen atoms in total. The molecule has 0 spiro atoms. The number of pyridine rings is 1. The van der Waals surface area contributed by atoms with Gasteiger partial charge in [0.25, 0.3) is 0 Å². The van der Waals surface area contributed by atoms with Crippen molar-refractivity contribution in [2.75, 3.05) is 44.4 Å². The summed E-state index contributed by atoms with van der Waals surface area (Å²) in [6.07, 6.45) is 7.62. The molecule has 0 aliphatic carbocycles. The number of carbonyl (C=O) groups excluding carboxylic acids is 1. The van der Waals surface area contributed by atoms with Crippen molar-refractivity contribution in [2.45, 2.75) is 25.2 Å². The number of nitrogen functional groups attached to an aromatic ring is 1. The van der Waals surface area contributed by atoms with Crippen LogP contribution in [-0.2, 0) is 4.79 Å². The lowest BCUT2D eigenvalue weighted by Gasteiger charge is -2.32. The van der Waals surface area contributed by atoms with E-state index in [1.54, 1.807) is 19.5 Å². The molecule has 2 N–H and O–H groups in total. The molecule has 8 heteroatoms. The van der Waals surface area contributed by atoms with Crippen molar-refractivity contribution >= 4 is 17.5 Å². The molecule has 1 amide bonds. The van der Waals surface area contributed by atoms with Crippen molar-refractivity contribution in [3.05, 3.63) is 60.7 Å². The highest BCUT2D eigenvalue weighted by atomic mass is 16.5. The van der Waals surface area contributed by atoms with Gasteiger partial charge in [-0.1, -0.05) is 6.07 Å². The van der Waals surface area contributed by atoms with Crippen molar-refractivity contribution in [1.29, 1.82) is 0 Å². The highest BCUT2D eigenvalue weighted by Gasteiger charge is 2.24. The molecule has 172 valence electrons. The van der Waals surface area contributed by atoms with Gasteiger partial charge in [0.1, 0.15) is 5.75 Å². The number of aromatic nitrogens is 3. The second-order valence-corrected chi connectivity index (χ2v) is 8.33. The summed E-state index contributed by atoms with van der Waals surface area (Å²) in [6, 6.07) is 12.0. The van der Waals surface area contributed by atoms with Gasteiger partial charge in [-0.2, -0.15) is 0 Å². The molecular weight excluding hydrogens is 416 g/mol. The van der Waals surface area contributed by atoms with Gasteiger partial charge < -0.3 is 20.3 Å². The van der Waals surface area contributed by atoms with E-state index in [0.717, 1.165) is 54.2 Å². The van der Waals surface area contributed by atoms with E-state index in [-0.39, 0.29) is 11.9 Å². The Morgan fingerprint density at radius 3 is 2.30 bits per heavy atom. The molecule has 0 atom stereocenters. The molecule has 2 aromatic heterocycles. The van der Waals surface area contributed by atoms with Gasteiger partial charge in [0.05, 0.1) is 7.11 Å². The third-order valence-corrected chi connectivity index (χ3v) is 6.23. The highest BCUT2D eigenvalue weighted by Crippen LogP contribution is 2.28. The molecule has 0 bridgehead atoms. The first kappa shape index (κ1) is 22.5. The third-order valence-electron chi connectivity index (χ3n) is 6.23. The number of ether oxygens (including phenoxy) is 1. The number of anilines is 2. The highest BCUT2D eigenvalue weighted by molar-refractivity contribution is 5.77. The summed E-state index contributed by atoms with van der Waals surface area (Å²) in [5.74, 6) is 1.67. The van der Waals surface area contributed by atoms with Gasteiger partial charge in [0, 0.05) is 80.1 Å². The van der Waals surface area contributed by atoms with Crippen molar-refractivity contribution in [3.63, 3.8) is 0 Å². The van der Waals surface area contributed by atoms with E-state index in [1.165, 1.54) is 0 Å². The molecule has 0 unspecified atom stereocenters. The van der Waals surface area contributed by atoms with E-state index in [4.69, 9.17) is 10.5 Å². The summed E-state index contributed by atoms with van der Waals surface area (Å²) in [5, 5.41) is 0. The lowest BCUT2D eigenvalue weighted by molar-refractivity contribution is -0.132. The largest absolute Gasteiger partial charge is 0.497 e. The Kier molecular flexibility index (Phi) is 7.02. The Hall–Kier alpha value is -3.68. The Morgan fingerprint density at radius 2 is 1.70 bits per heavy atom. The van der Waals surface area contributed by atoms with Crippen molar-refractivity contribution in [2.24, 2.45) is 0 Å². The Balaban J connectivity index is 1.25. The maximum absolute atomic E-state index is 12.7. The summed E-state index contributed by atoms with van der Waals surface area (Å²) in [4.78, 5) is 29.6. The average molecular weight is 447 g/mol. The predicted octanol–water partition coefficient (Wildman–Crippen LogP) is 3.36. The molecule has 4 rings (SSSR count). The molecule has 1 saturated heterocycles. The van der Waals surface area contributed by atoms with Crippen LogP contribution in [0.1, 0.15) is 30.9 Å². The quantitative estimate of drug-likeness (QED) is 0.594. The van der Waals surface area contributed by atoms with E-state index in [2.05, 4.69) is 25.9 Å². The molecule has 0 saturated carbocycles. The summed E-state index contributed by atoms with van der Waals surface area (Å²) < 4.78 is 5.20. The Bertz CT molecular complexity index is 1050. The van der Waals surface area contributed by atoms with Crippen LogP contribution in [0.25, 0.3) is 11.1 Å². The van der Waals surface area contributed by atoms with Crippen LogP contribution in [0, 0.1) is 0 Å². The van der Waals surface area contributed by atoms with E-state index in [9.17, 15) is 4.79 Å². The number of amides is 1. The molecule has 1 aromatic carbocycles. The number of benzene rings is 1. The van der Waals surface area contributed by atoms with Crippen molar-refractivity contribution in [3.8, 4) is 16.9 Å². The fourth-order valence-electron chi connectivity index (χ4n) is 4.12. The van der Waals surface area contributed by atoms with E-state index >= 15 is 0 Å². The lowest BCUT2D eigenvalue weighted by atomic mass is 9.92. The molecule has 3 heterocycles. The first-order valence-corrected chi connectivity index (χ1v) is 11.2. The third kappa shape index (κ3) is 5.58. The van der Waals surface area contributed by atoms with Crippen LogP contribution in [0.2, 0.25) is 0 Å². The van der Waals surface area contributed by atoms with Crippen LogP contribution >= 0.6 is 0 Å². The Morgan fingerprint density at radius 1 is 1.03 bits per heavy atom. The summed E-state index contributed by atoms with van der Waals surface area (Å²) in [6.45, 7) is 2.22. The fraction of sp³-hybridized carbons (Fsp3) is 0.360. The molecule has 33 heavy (non-hydrogen) atoms. The maximum Gasteiger partial charge on any atom is 0.224 e. The number of hydrogen-bond donors (Lipinski definition) is 1.